The maximum Gasteiger partial charge on any atom is 0.210 e. The first kappa shape index (κ1) is 26.3. The highest BCUT2D eigenvalue weighted by molar-refractivity contribution is 6.24. The van der Waals surface area contributed by atoms with Gasteiger partial charge in [-0.1, -0.05) is 140 Å². The summed E-state index contributed by atoms with van der Waals surface area (Å²) < 4.78 is 4.73. The molecule has 0 fully saturated rings. The van der Waals surface area contributed by atoms with Crippen LogP contribution in [0.5, 0.6) is 0 Å². The largest absolute Gasteiger partial charge is 0.345 e. The van der Waals surface area contributed by atoms with Crippen LogP contribution in [-0.4, -0.2) is 15.1 Å². The summed E-state index contributed by atoms with van der Waals surface area (Å²) in [6.45, 7) is 0. The maximum absolute atomic E-state index is 5.36. The summed E-state index contributed by atoms with van der Waals surface area (Å²) >= 11 is 0. The van der Waals surface area contributed by atoms with Crippen molar-refractivity contribution in [3.8, 4) is 16.8 Å². The highest BCUT2D eigenvalue weighted by Gasteiger charge is 2.27. The molecule has 1 atom stereocenters. The third-order valence-electron chi connectivity index (χ3n) is 8.96. The van der Waals surface area contributed by atoms with Gasteiger partial charge in [0.25, 0.3) is 0 Å². The SMILES string of the molecule is C1=C(c2ccccc2)N=C(n2c3ccccc3c3c4ccccc4n(-c4cccc(-c5ccccc5)c4)c32)NC1c1ccccc1. The van der Waals surface area contributed by atoms with E-state index in [0.29, 0.717) is 0 Å². The molecule has 8 aromatic rings. The molecule has 0 radical (unpaired) electrons. The van der Waals surface area contributed by atoms with Gasteiger partial charge in [-0.2, -0.15) is 0 Å². The summed E-state index contributed by atoms with van der Waals surface area (Å²) in [6.07, 6.45) is 2.23. The number of fused-ring (bicyclic) bond motifs is 5. The van der Waals surface area contributed by atoms with Gasteiger partial charge in [0, 0.05) is 27.4 Å². The number of benzene rings is 6. The van der Waals surface area contributed by atoms with Crippen LogP contribution in [0.3, 0.4) is 0 Å². The Kier molecular flexibility index (Phi) is 6.17. The Morgan fingerprint density at radius 2 is 1.07 bits per heavy atom. The normalized spacial score (nSPS) is 14.7. The van der Waals surface area contributed by atoms with Crippen LogP contribution in [0.15, 0.2) is 175 Å². The molecule has 0 saturated heterocycles. The van der Waals surface area contributed by atoms with Crippen LogP contribution in [0.1, 0.15) is 17.2 Å². The van der Waals surface area contributed by atoms with Crippen molar-refractivity contribution < 1.29 is 0 Å². The summed E-state index contributed by atoms with van der Waals surface area (Å²) in [5.41, 5.74) is 10.1. The molecule has 1 aliphatic heterocycles. The van der Waals surface area contributed by atoms with Gasteiger partial charge < -0.3 is 5.32 Å². The van der Waals surface area contributed by atoms with Crippen molar-refractivity contribution in [3.05, 3.63) is 181 Å². The molecule has 2 aromatic heterocycles. The van der Waals surface area contributed by atoms with E-state index in [9.17, 15) is 0 Å². The van der Waals surface area contributed by atoms with Crippen molar-refractivity contribution in [2.24, 2.45) is 4.99 Å². The second-order valence-corrected chi connectivity index (χ2v) is 11.7. The summed E-state index contributed by atoms with van der Waals surface area (Å²) in [6, 6.07) is 57.9. The predicted molar refractivity (Wildman–Crippen MR) is 191 cm³/mol. The Bertz CT molecular complexity index is 2430. The van der Waals surface area contributed by atoms with Crippen molar-refractivity contribution in [2.75, 3.05) is 0 Å². The summed E-state index contributed by atoms with van der Waals surface area (Å²) in [7, 11) is 0. The molecule has 6 aromatic carbocycles. The van der Waals surface area contributed by atoms with Gasteiger partial charge in [-0.25, -0.2) is 4.99 Å². The van der Waals surface area contributed by atoms with Gasteiger partial charge in [-0.3, -0.25) is 9.13 Å². The third kappa shape index (κ3) is 4.26. The fourth-order valence-electron chi connectivity index (χ4n) is 6.88. The number of hydrogen-bond acceptors (Lipinski definition) is 2. The van der Waals surface area contributed by atoms with Gasteiger partial charge in [0.2, 0.25) is 5.96 Å². The first-order chi connectivity index (χ1) is 22.8. The number of rotatable bonds is 4. The minimum atomic E-state index is -0.0562. The number of aromatic nitrogens is 2. The van der Waals surface area contributed by atoms with Gasteiger partial charge in [0.1, 0.15) is 5.65 Å². The molecule has 0 saturated carbocycles. The molecular formula is C42H30N4. The molecule has 1 aliphatic rings. The van der Waals surface area contributed by atoms with Crippen molar-refractivity contribution in [2.45, 2.75) is 6.04 Å². The lowest BCUT2D eigenvalue weighted by Crippen LogP contribution is -2.35. The highest BCUT2D eigenvalue weighted by Crippen LogP contribution is 2.40. The number of nitrogens with zero attached hydrogens (tertiary/aromatic N) is 3. The van der Waals surface area contributed by atoms with Crippen LogP contribution < -0.4 is 5.32 Å². The molecule has 3 heterocycles. The summed E-state index contributed by atoms with van der Waals surface area (Å²) in [5, 5.41) is 7.47. The van der Waals surface area contributed by atoms with Gasteiger partial charge in [0.05, 0.1) is 22.8 Å². The number of para-hydroxylation sites is 2. The van der Waals surface area contributed by atoms with Gasteiger partial charge >= 0.3 is 0 Å². The van der Waals surface area contributed by atoms with Crippen molar-refractivity contribution in [3.63, 3.8) is 0 Å². The maximum atomic E-state index is 5.36. The fraction of sp³-hybridized carbons (Fsp3) is 0.0238. The number of aliphatic imine (C=N–C) groups is 1. The minimum Gasteiger partial charge on any atom is -0.345 e. The molecule has 0 aliphatic carbocycles. The smallest absolute Gasteiger partial charge is 0.210 e. The molecule has 4 nitrogen and oxygen atoms in total. The van der Waals surface area contributed by atoms with Crippen molar-refractivity contribution >= 4 is 44.5 Å². The molecule has 1 unspecified atom stereocenters. The Morgan fingerprint density at radius 1 is 0.500 bits per heavy atom. The lowest BCUT2D eigenvalue weighted by molar-refractivity contribution is 0.759. The zero-order chi connectivity index (χ0) is 30.5. The summed E-state index contributed by atoms with van der Waals surface area (Å²) in [4.78, 5) is 5.36. The lowest BCUT2D eigenvalue weighted by atomic mass is 10.0. The molecule has 0 bridgehead atoms. The van der Waals surface area contributed by atoms with Crippen LogP contribution in [0, 0.1) is 0 Å². The second-order valence-electron chi connectivity index (χ2n) is 11.7. The third-order valence-corrected chi connectivity index (χ3v) is 8.96. The van der Waals surface area contributed by atoms with E-state index < -0.39 is 0 Å². The van der Waals surface area contributed by atoms with Crippen LogP contribution in [0.4, 0.5) is 0 Å². The van der Waals surface area contributed by atoms with E-state index in [1.807, 2.05) is 0 Å². The molecule has 218 valence electrons. The van der Waals surface area contributed by atoms with Crippen LogP contribution in [-0.2, 0) is 0 Å². The van der Waals surface area contributed by atoms with E-state index in [-0.39, 0.29) is 6.04 Å². The van der Waals surface area contributed by atoms with E-state index in [4.69, 9.17) is 4.99 Å². The molecular weight excluding hydrogens is 560 g/mol. The molecule has 1 N–H and O–H groups in total. The van der Waals surface area contributed by atoms with Gasteiger partial charge in [-0.05, 0) is 47.0 Å². The first-order valence-electron chi connectivity index (χ1n) is 15.7. The van der Waals surface area contributed by atoms with Crippen molar-refractivity contribution in [1.82, 2.24) is 14.5 Å². The molecule has 46 heavy (non-hydrogen) atoms. The Hall–Kier alpha value is -6.13. The van der Waals surface area contributed by atoms with Crippen LogP contribution in [0.25, 0.3) is 55.4 Å². The van der Waals surface area contributed by atoms with E-state index in [0.717, 1.165) is 39.6 Å². The standard InChI is InChI=1S/C42H30N4/c1-4-15-29(16-5-1)32-21-14-22-33(27-32)45-38-25-12-10-23-34(38)40-35-24-11-13-26-39(35)46(41(40)45)42-43-36(30-17-6-2-7-18-30)28-37(44-42)31-19-8-3-9-20-31/h1-28,36H,(H,43,44). The van der Waals surface area contributed by atoms with E-state index in [2.05, 4.69) is 184 Å². The van der Waals surface area contributed by atoms with E-state index in [1.165, 1.54) is 32.8 Å². The number of hydrogen-bond donors (Lipinski definition) is 1. The molecule has 0 amide bonds. The quantitative estimate of drug-likeness (QED) is 0.217. The van der Waals surface area contributed by atoms with Crippen LogP contribution in [0.2, 0.25) is 0 Å². The molecule has 9 rings (SSSR count). The zero-order valence-corrected chi connectivity index (χ0v) is 25.1. The average molecular weight is 591 g/mol. The number of nitrogens with one attached hydrogen (secondary N) is 1. The monoisotopic (exact) mass is 590 g/mol. The summed E-state index contributed by atoms with van der Waals surface area (Å²) in [5.74, 6) is 0.796. The second kappa shape index (κ2) is 10.8. The van der Waals surface area contributed by atoms with Gasteiger partial charge in [0.15, 0.2) is 0 Å². The van der Waals surface area contributed by atoms with Crippen LogP contribution >= 0.6 is 0 Å². The highest BCUT2D eigenvalue weighted by atomic mass is 15.3. The van der Waals surface area contributed by atoms with E-state index in [1.54, 1.807) is 0 Å². The Balaban J connectivity index is 1.35. The minimum absolute atomic E-state index is 0.0562. The molecule has 0 spiro atoms. The predicted octanol–water partition coefficient (Wildman–Crippen LogP) is 10.00. The lowest BCUT2D eigenvalue weighted by Gasteiger charge is -2.26. The Labute approximate surface area is 267 Å². The first-order valence-corrected chi connectivity index (χ1v) is 15.7. The van der Waals surface area contributed by atoms with Crippen molar-refractivity contribution in [1.29, 1.82) is 0 Å². The fourth-order valence-corrected chi connectivity index (χ4v) is 6.88. The molecule has 4 heteroatoms. The Morgan fingerprint density at radius 3 is 1.76 bits per heavy atom. The van der Waals surface area contributed by atoms with Gasteiger partial charge in [-0.15, -0.1) is 0 Å². The zero-order valence-electron chi connectivity index (χ0n) is 25.1. The topological polar surface area (TPSA) is 34.2 Å². The average Bonchev–Trinajstić information content (AvgIpc) is 3.65. The van der Waals surface area contributed by atoms with E-state index >= 15 is 0 Å².